The minimum absolute atomic E-state index is 0.225. The summed E-state index contributed by atoms with van der Waals surface area (Å²) in [5, 5.41) is 23.7. The van der Waals surface area contributed by atoms with E-state index in [-0.39, 0.29) is 49.9 Å². The topological polar surface area (TPSA) is 242 Å². The highest BCUT2D eigenvalue weighted by Gasteiger charge is 2.37. The highest BCUT2D eigenvalue weighted by Crippen LogP contribution is 2.32. The molecule has 6 atom stereocenters. The van der Waals surface area contributed by atoms with Gasteiger partial charge in [0.25, 0.3) is 0 Å². The van der Waals surface area contributed by atoms with Crippen LogP contribution in [0.25, 0.3) is 22.3 Å². The van der Waals surface area contributed by atoms with E-state index in [9.17, 15) is 19.2 Å². The van der Waals surface area contributed by atoms with Crippen molar-refractivity contribution >= 4 is 46.9 Å². The summed E-state index contributed by atoms with van der Waals surface area (Å²) in [6.45, 7) is 4.77. The molecule has 2 fully saturated rings. The number of rotatable bonds is 19. The quantitative estimate of drug-likeness (QED) is 0.0627. The van der Waals surface area contributed by atoms with Crippen molar-refractivity contribution in [1.82, 2.24) is 40.0 Å². The molecule has 0 N–H and O–H groups in total. The monoisotopic (exact) mass is 1010 g/mol. The van der Waals surface area contributed by atoms with Crippen molar-refractivity contribution in [2.45, 2.75) is 102 Å². The Balaban J connectivity index is 0.655. The maximum Gasteiger partial charge on any atom is 0.414 e. The van der Waals surface area contributed by atoms with Gasteiger partial charge in [0.15, 0.2) is 12.2 Å². The van der Waals surface area contributed by atoms with Crippen molar-refractivity contribution in [1.29, 1.82) is 0 Å². The number of hydrogen-bond donors (Lipinski definition) is 0. The van der Waals surface area contributed by atoms with E-state index in [4.69, 9.17) is 28.6 Å². The molecule has 74 heavy (non-hydrogen) atoms. The molecule has 8 heterocycles. The van der Waals surface area contributed by atoms with Crippen LogP contribution in [-0.2, 0) is 51.3 Å². The third-order valence-electron chi connectivity index (χ3n) is 12.9. The average molecular weight is 1020 g/mol. The second-order valence-corrected chi connectivity index (χ2v) is 17.8. The van der Waals surface area contributed by atoms with Crippen LogP contribution < -0.4 is 9.80 Å². The van der Waals surface area contributed by atoms with Gasteiger partial charge >= 0.3 is 24.1 Å². The molecular formula is C50H48F2N12O10. The second-order valence-electron chi connectivity index (χ2n) is 17.8. The van der Waals surface area contributed by atoms with E-state index in [2.05, 4.69) is 40.9 Å². The summed E-state index contributed by atoms with van der Waals surface area (Å²) >= 11 is 0. The van der Waals surface area contributed by atoms with E-state index >= 15 is 8.78 Å². The maximum atomic E-state index is 15.5. The first-order valence-electron chi connectivity index (χ1n) is 24.0. The van der Waals surface area contributed by atoms with Gasteiger partial charge in [-0.3, -0.25) is 29.4 Å². The lowest BCUT2D eigenvalue weighted by Crippen LogP contribution is -2.32. The molecule has 382 valence electrons. The average Bonchev–Trinajstić information content (AvgIpc) is 4.29. The molecule has 0 radical (unpaired) electrons. The van der Waals surface area contributed by atoms with Crippen LogP contribution in [0.15, 0.2) is 108 Å². The van der Waals surface area contributed by atoms with E-state index in [1.807, 2.05) is 13.8 Å². The summed E-state index contributed by atoms with van der Waals surface area (Å²) in [7, 11) is 0. The standard InChI is InChI=1S/C50H48F2N12O10/c1-3-43(45-21-41(57-73-45)39-11-5-29(23-53-39)35-9-7-31(19-37(35)51)63-27-33(69-49(63)67)25-61-17-15-55-59-61)71-47(65)13-14-48(66)72-44(4-2)46-22-42(58-74-46)40-12-6-30(24-54-40)36-10-8-32(20-38(36)52)64-28-34(70-50(64)68)26-62-18-16-56-60-62/h5-12,15-20,23-24,33-34,43-46H,3-4,13-14,21-22,25-28H2,1-2H3/t33-,34-,43?,44?,45?,46?/m0/s1. The molecule has 2 saturated heterocycles. The molecule has 2 amide bonds. The van der Waals surface area contributed by atoms with Crippen molar-refractivity contribution in [2.24, 2.45) is 10.3 Å². The molecule has 0 bridgehead atoms. The molecule has 4 aliphatic heterocycles. The largest absolute Gasteiger partial charge is 0.458 e. The van der Waals surface area contributed by atoms with Crippen LogP contribution in [-0.4, -0.2) is 125 Å². The van der Waals surface area contributed by atoms with Gasteiger partial charge in [-0.1, -0.05) is 46.7 Å². The molecule has 2 aromatic carbocycles. The number of esters is 2. The first-order valence-corrected chi connectivity index (χ1v) is 24.0. The van der Waals surface area contributed by atoms with E-state index in [0.29, 0.717) is 71.2 Å². The van der Waals surface area contributed by atoms with Gasteiger partial charge in [-0.25, -0.2) is 27.7 Å². The third kappa shape index (κ3) is 10.9. The van der Waals surface area contributed by atoms with Gasteiger partial charge in [0, 0.05) is 59.9 Å². The van der Waals surface area contributed by atoms with Crippen LogP contribution >= 0.6 is 0 Å². The number of pyridine rings is 2. The summed E-state index contributed by atoms with van der Waals surface area (Å²) in [4.78, 5) is 74.3. The number of carbonyl (C=O) groups is 4. The first kappa shape index (κ1) is 48.9. The van der Waals surface area contributed by atoms with Crippen molar-refractivity contribution in [2.75, 3.05) is 22.9 Å². The number of oxime groups is 2. The van der Waals surface area contributed by atoms with E-state index < -0.39 is 72.4 Å². The van der Waals surface area contributed by atoms with Gasteiger partial charge < -0.3 is 28.6 Å². The maximum absolute atomic E-state index is 15.5. The molecule has 4 aliphatic rings. The van der Waals surface area contributed by atoms with Gasteiger partial charge in [0.2, 0.25) is 0 Å². The molecule has 0 aliphatic carbocycles. The molecule has 22 nitrogen and oxygen atoms in total. The lowest BCUT2D eigenvalue weighted by Gasteiger charge is -2.22. The highest BCUT2D eigenvalue weighted by atomic mass is 19.1. The Morgan fingerprint density at radius 2 is 1.09 bits per heavy atom. The third-order valence-corrected chi connectivity index (χ3v) is 12.9. The van der Waals surface area contributed by atoms with E-state index in [0.717, 1.165) is 0 Å². The Labute approximate surface area is 420 Å². The smallest absolute Gasteiger partial charge is 0.414 e. The van der Waals surface area contributed by atoms with E-state index in [1.165, 1.54) is 46.7 Å². The normalized spacial score (nSPS) is 20.1. The van der Waals surface area contributed by atoms with Gasteiger partial charge in [-0.2, -0.15) is 0 Å². The Morgan fingerprint density at radius 3 is 1.46 bits per heavy atom. The van der Waals surface area contributed by atoms with Crippen LogP contribution in [0.2, 0.25) is 0 Å². The summed E-state index contributed by atoms with van der Waals surface area (Å²) in [5.41, 5.74) is 4.32. The van der Waals surface area contributed by atoms with Crippen molar-refractivity contribution in [3.05, 3.63) is 121 Å². The fraction of sp³-hybridized carbons (Fsp3) is 0.360. The number of benzene rings is 2. The lowest BCUT2D eigenvalue weighted by atomic mass is 10.0. The van der Waals surface area contributed by atoms with Gasteiger partial charge in [0.05, 0.1) is 74.2 Å². The Morgan fingerprint density at radius 1 is 0.649 bits per heavy atom. The summed E-state index contributed by atoms with van der Waals surface area (Å²) in [5.74, 6) is -2.32. The fourth-order valence-corrected chi connectivity index (χ4v) is 8.99. The minimum Gasteiger partial charge on any atom is -0.458 e. The molecule has 4 aromatic heterocycles. The number of ether oxygens (including phenoxy) is 4. The highest BCUT2D eigenvalue weighted by molar-refractivity contribution is 6.00. The molecule has 0 spiro atoms. The van der Waals surface area contributed by atoms with Crippen LogP contribution in [0, 0.1) is 11.6 Å². The predicted molar refractivity (Wildman–Crippen MR) is 256 cm³/mol. The zero-order valence-corrected chi connectivity index (χ0v) is 40.0. The fourth-order valence-electron chi connectivity index (χ4n) is 8.99. The number of aromatic nitrogens is 8. The molecule has 6 aromatic rings. The Bertz CT molecular complexity index is 2860. The van der Waals surface area contributed by atoms with Crippen molar-refractivity contribution in [3.8, 4) is 22.3 Å². The number of cyclic esters (lactones) is 2. The molecule has 4 unspecified atom stereocenters. The van der Waals surface area contributed by atoms with Gasteiger partial charge in [-0.05, 0) is 61.4 Å². The van der Waals surface area contributed by atoms with Crippen LogP contribution in [0.1, 0.15) is 63.8 Å². The summed E-state index contributed by atoms with van der Waals surface area (Å²) in [6.07, 6.45) is 5.72. The number of anilines is 2. The van der Waals surface area contributed by atoms with Crippen molar-refractivity contribution < 1.29 is 56.6 Å². The van der Waals surface area contributed by atoms with Crippen LogP contribution in [0.3, 0.4) is 0 Å². The van der Waals surface area contributed by atoms with Crippen LogP contribution in [0.4, 0.5) is 29.7 Å². The molecule has 24 heteroatoms. The summed E-state index contributed by atoms with van der Waals surface area (Å²) in [6, 6.07) is 15.8. The van der Waals surface area contributed by atoms with Crippen LogP contribution in [0.5, 0.6) is 0 Å². The number of hydrogen-bond acceptors (Lipinski definition) is 18. The SMILES string of the molecule is CCC(OC(=O)CCC(=O)OC(CC)C1CC(c2ccc(-c3ccc(N4C[C@H](Cn5ccnn5)OC4=O)cc3F)cn2)=NO1)C1CC(c2ccc(-c3ccc(N4C[C@H](Cn5ccnn5)OC4=O)cc3F)cn2)=NO1. The minimum atomic E-state index is -0.668. The molecular weight excluding hydrogens is 967 g/mol. The van der Waals surface area contributed by atoms with E-state index in [1.54, 1.807) is 70.3 Å². The number of carbonyl (C=O) groups excluding carboxylic acids is 4. The molecule has 0 saturated carbocycles. The summed E-state index contributed by atoms with van der Waals surface area (Å²) < 4.78 is 56.4. The lowest BCUT2D eigenvalue weighted by molar-refractivity contribution is -0.163. The second kappa shape index (κ2) is 21.6. The Kier molecular flexibility index (Phi) is 14.3. The van der Waals surface area contributed by atoms with Crippen molar-refractivity contribution in [3.63, 3.8) is 0 Å². The number of nitrogens with zero attached hydrogens (tertiary/aromatic N) is 12. The van der Waals surface area contributed by atoms with Gasteiger partial charge in [0.1, 0.15) is 47.5 Å². The Hall–Kier alpha value is -8.70. The van der Waals surface area contributed by atoms with Gasteiger partial charge in [-0.15, -0.1) is 10.2 Å². The number of amides is 2. The molecule has 10 rings (SSSR count). The zero-order valence-electron chi connectivity index (χ0n) is 40.0. The number of halogens is 2. The zero-order chi connectivity index (χ0) is 51.3. The predicted octanol–water partition coefficient (Wildman–Crippen LogP) is 6.43. The first-order chi connectivity index (χ1) is 36.0.